The number of aromatic carboxylic acids is 1. The standard InChI is InChI=1S/C12H11NO3S/c1-8-2-4-9(5-3-8)16-6-11-13-10(7-17-11)12(14)15/h2-5,7H,6H2,1H3,(H,14,15)/p-1. The molecule has 17 heavy (non-hydrogen) atoms. The molecule has 1 aromatic carbocycles. The first-order chi connectivity index (χ1) is 8.15. The number of carbonyl (C=O) groups is 1. The monoisotopic (exact) mass is 248 g/mol. The van der Waals surface area contributed by atoms with E-state index in [1.165, 1.54) is 16.7 Å². The Balaban J connectivity index is 1.97. The van der Waals surface area contributed by atoms with Crippen LogP contribution in [0.3, 0.4) is 0 Å². The fourth-order valence-corrected chi connectivity index (χ4v) is 1.93. The average Bonchev–Trinajstić information content (AvgIpc) is 2.77. The van der Waals surface area contributed by atoms with Crippen molar-refractivity contribution in [1.29, 1.82) is 0 Å². The number of rotatable bonds is 4. The minimum Gasteiger partial charge on any atom is -0.543 e. The van der Waals surface area contributed by atoms with E-state index in [2.05, 4.69) is 4.98 Å². The molecule has 1 heterocycles. The van der Waals surface area contributed by atoms with Gasteiger partial charge < -0.3 is 14.6 Å². The third-order valence-electron chi connectivity index (χ3n) is 2.14. The molecular formula is C12H10NO3S-. The zero-order chi connectivity index (χ0) is 12.3. The van der Waals surface area contributed by atoms with Crippen LogP contribution in [0.2, 0.25) is 0 Å². The summed E-state index contributed by atoms with van der Waals surface area (Å²) in [5, 5.41) is 12.6. The quantitative estimate of drug-likeness (QED) is 0.820. The van der Waals surface area contributed by atoms with Crippen molar-refractivity contribution in [2.24, 2.45) is 0 Å². The number of hydrogen-bond donors (Lipinski definition) is 0. The Kier molecular flexibility index (Phi) is 3.39. The highest BCUT2D eigenvalue weighted by Crippen LogP contribution is 2.15. The van der Waals surface area contributed by atoms with Gasteiger partial charge in [0.1, 0.15) is 17.4 Å². The summed E-state index contributed by atoms with van der Waals surface area (Å²) in [6, 6.07) is 7.62. The lowest BCUT2D eigenvalue weighted by Crippen LogP contribution is -2.22. The Labute approximate surface area is 103 Å². The van der Waals surface area contributed by atoms with Crippen LogP contribution < -0.4 is 9.84 Å². The second-order valence-corrected chi connectivity index (χ2v) is 4.46. The molecule has 0 atom stereocenters. The van der Waals surface area contributed by atoms with Crippen molar-refractivity contribution >= 4 is 17.3 Å². The number of aryl methyl sites for hydroxylation is 1. The molecule has 0 saturated heterocycles. The molecule has 0 bridgehead atoms. The maximum Gasteiger partial charge on any atom is 0.140 e. The molecule has 0 aliphatic heterocycles. The highest BCUT2D eigenvalue weighted by atomic mass is 32.1. The molecular weight excluding hydrogens is 238 g/mol. The van der Waals surface area contributed by atoms with Gasteiger partial charge in [0.25, 0.3) is 0 Å². The van der Waals surface area contributed by atoms with Crippen molar-refractivity contribution < 1.29 is 14.6 Å². The molecule has 4 nitrogen and oxygen atoms in total. The molecule has 88 valence electrons. The molecule has 1 aromatic heterocycles. The smallest absolute Gasteiger partial charge is 0.140 e. The summed E-state index contributed by atoms with van der Waals surface area (Å²) < 4.78 is 5.47. The van der Waals surface area contributed by atoms with E-state index < -0.39 is 5.97 Å². The van der Waals surface area contributed by atoms with Crippen LogP contribution in [0.1, 0.15) is 21.1 Å². The van der Waals surface area contributed by atoms with Crippen molar-refractivity contribution in [1.82, 2.24) is 4.98 Å². The van der Waals surface area contributed by atoms with Gasteiger partial charge in [-0.2, -0.15) is 0 Å². The van der Waals surface area contributed by atoms with E-state index in [9.17, 15) is 9.90 Å². The lowest BCUT2D eigenvalue weighted by atomic mass is 10.2. The topological polar surface area (TPSA) is 62.2 Å². The van der Waals surface area contributed by atoms with Gasteiger partial charge in [0.15, 0.2) is 0 Å². The van der Waals surface area contributed by atoms with Crippen LogP contribution in [-0.2, 0) is 6.61 Å². The molecule has 0 saturated carbocycles. The number of thiazole rings is 1. The van der Waals surface area contributed by atoms with Gasteiger partial charge in [-0.15, -0.1) is 11.3 Å². The lowest BCUT2D eigenvalue weighted by Gasteiger charge is -2.03. The van der Waals surface area contributed by atoms with Gasteiger partial charge in [0.2, 0.25) is 0 Å². The third-order valence-corrected chi connectivity index (χ3v) is 2.97. The molecule has 0 amide bonds. The molecule has 0 aliphatic carbocycles. The van der Waals surface area contributed by atoms with E-state index >= 15 is 0 Å². The van der Waals surface area contributed by atoms with Crippen molar-refractivity contribution in [2.75, 3.05) is 0 Å². The zero-order valence-electron chi connectivity index (χ0n) is 9.17. The molecule has 0 spiro atoms. The third kappa shape index (κ3) is 3.04. The first kappa shape index (κ1) is 11.6. The fraction of sp³-hybridized carbons (Fsp3) is 0.167. The Morgan fingerprint density at radius 1 is 1.41 bits per heavy atom. The number of ether oxygens (including phenoxy) is 1. The largest absolute Gasteiger partial charge is 0.543 e. The highest BCUT2D eigenvalue weighted by Gasteiger charge is 2.03. The number of carboxylic acids is 1. The Bertz CT molecular complexity index is 519. The highest BCUT2D eigenvalue weighted by molar-refractivity contribution is 7.09. The number of benzene rings is 1. The summed E-state index contributed by atoms with van der Waals surface area (Å²) in [4.78, 5) is 14.4. The van der Waals surface area contributed by atoms with E-state index in [1.807, 2.05) is 31.2 Å². The van der Waals surface area contributed by atoms with Gasteiger partial charge in [-0.3, -0.25) is 0 Å². The SMILES string of the molecule is Cc1ccc(OCc2nc(C(=O)[O-])cs2)cc1. The Hall–Kier alpha value is -1.88. The van der Waals surface area contributed by atoms with Gasteiger partial charge in [-0.25, -0.2) is 4.98 Å². The van der Waals surface area contributed by atoms with Crippen molar-refractivity contribution in [3.05, 3.63) is 45.9 Å². The fourth-order valence-electron chi connectivity index (χ4n) is 1.25. The molecule has 0 N–H and O–H groups in total. The van der Waals surface area contributed by atoms with Crippen LogP contribution in [0.15, 0.2) is 29.6 Å². The maximum absolute atomic E-state index is 10.5. The van der Waals surface area contributed by atoms with E-state index in [4.69, 9.17) is 4.74 Å². The number of aromatic nitrogens is 1. The molecule has 2 rings (SSSR count). The van der Waals surface area contributed by atoms with Crippen LogP contribution in [0, 0.1) is 6.92 Å². The second-order valence-electron chi connectivity index (χ2n) is 3.52. The van der Waals surface area contributed by atoms with Gasteiger partial charge >= 0.3 is 0 Å². The molecule has 2 aromatic rings. The van der Waals surface area contributed by atoms with E-state index in [0.717, 1.165) is 11.3 Å². The average molecular weight is 248 g/mol. The van der Waals surface area contributed by atoms with Crippen molar-refractivity contribution in [3.8, 4) is 5.75 Å². The summed E-state index contributed by atoms with van der Waals surface area (Å²) in [6.45, 7) is 2.26. The van der Waals surface area contributed by atoms with Crippen LogP contribution in [0.4, 0.5) is 0 Å². The van der Waals surface area contributed by atoms with Gasteiger partial charge in [-0.05, 0) is 19.1 Å². The van der Waals surface area contributed by atoms with Crippen molar-refractivity contribution in [3.63, 3.8) is 0 Å². The summed E-state index contributed by atoms with van der Waals surface area (Å²) in [5.41, 5.74) is 1.11. The van der Waals surface area contributed by atoms with Gasteiger partial charge in [-0.1, -0.05) is 17.7 Å². The first-order valence-electron chi connectivity index (χ1n) is 5.00. The first-order valence-corrected chi connectivity index (χ1v) is 5.88. The second kappa shape index (κ2) is 4.97. The van der Waals surface area contributed by atoms with Crippen LogP contribution in [-0.4, -0.2) is 11.0 Å². The molecule has 5 heteroatoms. The molecule has 0 aliphatic rings. The van der Waals surface area contributed by atoms with Crippen LogP contribution in [0.25, 0.3) is 0 Å². The molecule has 0 unspecified atom stereocenters. The minimum absolute atomic E-state index is 0.0440. The number of carbonyl (C=O) groups excluding carboxylic acids is 1. The Morgan fingerprint density at radius 3 is 2.71 bits per heavy atom. The summed E-state index contributed by atoms with van der Waals surface area (Å²) in [5.74, 6) is -0.524. The Morgan fingerprint density at radius 2 is 2.12 bits per heavy atom. The van der Waals surface area contributed by atoms with Crippen molar-refractivity contribution in [2.45, 2.75) is 13.5 Å². The van der Waals surface area contributed by atoms with Crippen LogP contribution >= 0.6 is 11.3 Å². The van der Waals surface area contributed by atoms with Gasteiger partial charge in [0, 0.05) is 5.38 Å². The zero-order valence-corrected chi connectivity index (χ0v) is 9.99. The predicted molar refractivity (Wildman–Crippen MR) is 62.0 cm³/mol. The van der Waals surface area contributed by atoms with Gasteiger partial charge in [0.05, 0.1) is 11.7 Å². The number of hydrogen-bond acceptors (Lipinski definition) is 5. The predicted octanol–water partition coefficient (Wildman–Crippen LogP) is 1.39. The minimum atomic E-state index is -1.26. The summed E-state index contributed by atoms with van der Waals surface area (Å²) >= 11 is 1.24. The summed E-state index contributed by atoms with van der Waals surface area (Å²) in [7, 11) is 0. The van der Waals surface area contributed by atoms with E-state index in [1.54, 1.807) is 0 Å². The molecule has 0 fully saturated rings. The normalized spacial score (nSPS) is 10.2. The van der Waals surface area contributed by atoms with E-state index in [-0.39, 0.29) is 12.3 Å². The number of carboxylic acid groups (broad SMARTS) is 1. The maximum atomic E-state index is 10.5. The van der Waals surface area contributed by atoms with Crippen LogP contribution in [0.5, 0.6) is 5.75 Å². The van der Waals surface area contributed by atoms with E-state index in [0.29, 0.717) is 5.01 Å². The summed E-state index contributed by atoms with van der Waals surface area (Å²) in [6.07, 6.45) is 0. The molecule has 0 radical (unpaired) electrons. The number of nitrogens with zero attached hydrogens (tertiary/aromatic N) is 1. The lowest BCUT2D eigenvalue weighted by molar-refractivity contribution is -0.255.